The number of ether oxygens (including phenoxy) is 1. The average Bonchev–Trinajstić information content (AvgIpc) is 3.50. The first kappa shape index (κ1) is 26.7. The van der Waals surface area contributed by atoms with Crippen LogP contribution in [0.1, 0.15) is 22.7 Å². The van der Waals surface area contributed by atoms with Gasteiger partial charge < -0.3 is 14.9 Å². The van der Waals surface area contributed by atoms with Gasteiger partial charge in [-0.2, -0.15) is 0 Å². The summed E-state index contributed by atoms with van der Waals surface area (Å²) in [5.74, 6) is -2.32. The smallest absolute Gasteiger partial charge is 0.301 e. The number of thioether (sulfide) groups is 1. The molecule has 8 nitrogen and oxygen atoms in total. The van der Waals surface area contributed by atoms with Crippen molar-refractivity contribution >= 4 is 57.3 Å². The summed E-state index contributed by atoms with van der Waals surface area (Å²) in [5, 5.41) is 30.4. The number of nitrogens with zero attached hydrogens (tertiary/aromatic N) is 3. The van der Waals surface area contributed by atoms with E-state index in [0.29, 0.717) is 20.7 Å². The Morgan fingerprint density at radius 1 is 1.10 bits per heavy atom. The third-order valence-corrected chi connectivity index (χ3v) is 8.34. The molecule has 0 bridgehead atoms. The van der Waals surface area contributed by atoms with E-state index >= 15 is 0 Å². The van der Waals surface area contributed by atoms with Gasteiger partial charge in [-0.1, -0.05) is 52.9 Å². The van der Waals surface area contributed by atoms with Crippen molar-refractivity contribution in [3.8, 4) is 11.5 Å². The molecule has 4 aromatic rings. The van der Waals surface area contributed by atoms with Gasteiger partial charge in [-0.3, -0.25) is 14.5 Å². The second-order valence-corrected chi connectivity index (χ2v) is 11.0. The Morgan fingerprint density at radius 2 is 1.82 bits per heavy atom. The van der Waals surface area contributed by atoms with Crippen LogP contribution in [-0.4, -0.2) is 39.2 Å². The standard InChI is InChI=1S/C27H19ClFN3O5S2/c1-37-20-12-16(6-11-19(20)33)22-21(23(34)15-4-9-18(29)10-5-15)24(35)25(36)32(22)26-30-31-27(39-26)38-13-14-2-7-17(28)8-3-14/h2-12,22,33-34H,13H2,1H3/b23-21-. The lowest BCUT2D eigenvalue weighted by Crippen LogP contribution is -2.29. The molecule has 1 saturated heterocycles. The lowest BCUT2D eigenvalue weighted by atomic mass is 9.95. The molecule has 198 valence electrons. The lowest BCUT2D eigenvalue weighted by molar-refractivity contribution is -0.132. The van der Waals surface area contributed by atoms with E-state index in [-0.39, 0.29) is 27.8 Å². The molecule has 12 heteroatoms. The largest absolute Gasteiger partial charge is 0.507 e. The van der Waals surface area contributed by atoms with Gasteiger partial charge in [0.05, 0.1) is 18.7 Å². The van der Waals surface area contributed by atoms with Crippen LogP contribution in [0.25, 0.3) is 5.76 Å². The number of aliphatic hydroxyl groups is 1. The highest BCUT2D eigenvalue weighted by Crippen LogP contribution is 2.45. The Labute approximate surface area is 235 Å². The molecule has 2 N–H and O–H groups in total. The molecule has 1 unspecified atom stereocenters. The summed E-state index contributed by atoms with van der Waals surface area (Å²) in [5.41, 5.74) is 1.32. The molecular formula is C27H19ClFN3O5S2. The monoisotopic (exact) mass is 583 g/mol. The summed E-state index contributed by atoms with van der Waals surface area (Å²) < 4.78 is 19.3. The number of hydrogen-bond donors (Lipinski definition) is 2. The fourth-order valence-corrected chi connectivity index (χ4v) is 6.01. The van der Waals surface area contributed by atoms with Gasteiger partial charge in [-0.15, -0.1) is 10.2 Å². The van der Waals surface area contributed by atoms with Crippen LogP contribution < -0.4 is 9.64 Å². The van der Waals surface area contributed by atoms with Gasteiger partial charge in [0.15, 0.2) is 15.8 Å². The number of ketones is 1. The molecule has 1 aliphatic heterocycles. The molecule has 2 heterocycles. The van der Waals surface area contributed by atoms with Crippen LogP contribution in [0.4, 0.5) is 9.52 Å². The van der Waals surface area contributed by atoms with E-state index in [1.807, 2.05) is 12.1 Å². The molecule has 0 saturated carbocycles. The summed E-state index contributed by atoms with van der Waals surface area (Å²) in [4.78, 5) is 27.8. The Bertz CT molecular complexity index is 1590. The number of Topliss-reactive ketones (excluding diaryl/α,β-unsaturated/α-hetero) is 1. The summed E-state index contributed by atoms with van der Waals surface area (Å²) in [6.45, 7) is 0. The molecule has 39 heavy (non-hydrogen) atoms. The van der Waals surface area contributed by atoms with E-state index in [9.17, 15) is 24.2 Å². The molecule has 1 fully saturated rings. The van der Waals surface area contributed by atoms with Crippen LogP contribution in [-0.2, 0) is 15.3 Å². The van der Waals surface area contributed by atoms with Gasteiger partial charge in [-0.05, 0) is 59.7 Å². The topological polar surface area (TPSA) is 113 Å². The van der Waals surface area contributed by atoms with Crippen molar-refractivity contribution in [1.82, 2.24) is 10.2 Å². The van der Waals surface area contributed by atoms with Crippen LogP contribution in [0.3, 0.4) is 0 Å². The summed E-state index contributed by atoms with van der Waals surface area (Å²) in [6.07, 6.45) is 0. The molecule has 3 aromatic carbocycles. The zero-order valence-electron chi connectivity index (χ0n) is 20.2. The van der Waals surface area contributed by atoms with Crippen LogP contribution >= 0.6 is 34.7 Å². The number of phenols is 1. The fraction of sp³-hybridized carbons (Fsp3) is 0.111. The van der Waals surface area contributed by atoms with E-state index in [1.54, 1.807) is 12.1 Å². The first-order valence-electron chi connectivity index (χ1n) is 11.4. The van der Waals surface area contributed by atoms with Gasteiger partial charge in [0.25, 0.3) is 5.78 Å². The maximum absolute atomic E-state index is 13.5. The number of aromatic hydroxyl groups is 1. The van der Waals surface area contributed by atoms with E-state index in [1.165, 1.54) is 49.2 Å². The van der Waals surface area contributed by atoms with Crippen molar-refractivity contribution in [2.45, 2.75) is 16.1 Å². The van der Waals surface area contributed by atoms with Crippen LogP contribution in [0.2, 0.25) is 5.02 Å². The summed E-state index contributed by atoms with van der Waals surface area (Å²) in [7, 11) is 1.36. The van der Waals surface area contributed by atoms with Crippen LogP contribution in [0, 0.1) is 5.82 Å². The number of carbonyl (C=O) groups excluding carboxylic acids is 2. The van der Waals surface area contributed by atoms with Gasteiger partial charge in [-0.25, -0.2) is 4.39 Å². The quantitative estimate of drug-likeness (QED) is 0.0900. The number of amides is 1. The van der Waals surface area contributed by atoms with Gasteiger partial charge in [0.1, 0.15) is 11.6 Å². The Balaban J connectivity index is 1.56. The highest BCUT2D eigenvalue weighted by atomic mass is 35.5. The Kier molecular flexibility index (Phi) is 7.56. The normalized spacial score (nSPS) is 16.6. The molecule has 1 aromatic heterocycles. The number of benzene rings is 3. The molecule has 1 atom stereocenters. The maximum atomic E-state index is 13.5. The van der Waals surface area contributed by atoms with Crippen molar-refractivity contribution < 1.29 is 28.9 Å². The second-order valence-electron chi connectivity index (χ2n) is 8.37. The minimum atomic E-state index is -1.12. The zero-order valence-corrected chi connectivity index (χ0v) is 22.6. The predicted octanol–water partition coefficient (Wildman–Crippen LogP) is 5.96. The van der Waals surface area contributed by atoms with Crippen molar-refractivity contribution in [1.29, 1.82) is 0 Å². The van der Waals surface area contributed by atoms with Crippen molar-refractivity contribution in [3.05, 3.63) is 99.8 Å². The first-order valence-corrected chi connectivity index (χ1v) is 13.6. The summed E-state index contributed by atoms with van der Waals surface area (Å²) in [6, 6.07) is 15.5. The minimum Gasteiger partial charge on any atom is -0.507 e. The van der Waals surface area contributed by atoms with Crippen LogP contribution in [0.5, 0.6) is 11.5 Å². The van der Waals surface area contributed by atoms with Gasteiger partial charge in [0.2, 0.25) is 5.13 Å². The highest BCUT2D eigenvalue weighted by Gasteiger charge is 2.48. The number of carbonyl (C=O) groups is 2. The number of aliphatic hydroxyl groups excluding tert-OH is 1. The van der Waals surface area contributed by atoms with Crippen LogP contribution in [0.15, 0.2) is 76.6 Å². The number of anilines is 1. The van der Waals surface area contributed by atoms with Gasteiger partial charge in [0, 0.05) is 16.3 Å². The van der Waals surface area contributed by atoms with E-state index in [2.05, 4.69) is 10.2 Å². The molecule has 1 amide bonds. The van der Waals surface area contributed by atoms with Crippen molar-refractivity contribution in [3.63, 3.8) is 0 Å². The summed E-state index contributed by atoms with van der Waals surface area (Å²) >= 11 is 8.47. The minimum absolute atomic E-state index is 0.108. The molecule has 0 spiro atoms. The second kappa shape index (κ2) is 11.0. The SMILES string of the molecule is COc1cc(C2/C(=C(/O)c3ccc(F)cc3)C(=O)C(=O)N2c2nnc(SCc3ccc(Cl)cc3)s2)ccc1O. The Hall–Kier alpha value is -3.93. The van der Waals surface area contributed by atoms with Crippen molar-refractivity contribution in [2.75, 3.05) is 12.0 Å². The lowest BCUT2D eigenvalue weighted by Gasteiger charge is -2.23. The average molecular weight is 584 g/mol. The fourth-order valence-electron chi connectivity index (χ4n) is 4.06. The highest BCUT2D eigenvalue weighted by molar-refractivity contribution is 8.00. The molecule has 0 radical (unpaired) electrons. The Morgan fingerprint density at radius 3 is 2.51 bits per heavy atom. The van der Waals surface area contributed by atoms with E-state index in [4.69, 9.17) is 16.3 Å². The number of aromatic nitrogens is 2. The third-order valence-electron chi connectivity index (χ3n) is 5.96. The molecule has 5 rings (SSSR count). The van der Waals surface area contributed by atoms with Crippen molar-refractivity contribution in [2.24, 2.45) is 0 Å². The number of halogens is 2. The molecular weight excluding hydrogens is 565 g/mol. The predicted molar refractivity (Wildman–Crippen MR) is 147 cm³/mol. The number of phenolic OH excluding ortho intramolecular Hbond substituents is 1. The van der Waals surface area contributed by atoms with E-state index < -0.39 is 29.3 Å². The van der Waals surface area contributed by atoms with Gasteiger partial charge >= 0.3 is 5.91 Å². The molecule has 1 aliphatic rings. The number of methoxy groups -OCH3 is 1. The number of rotatable bonds is 7. The van der Waals surface area contributed by atoms with E-state index in [0.717, 1.165) is 33.9 Å². The third kappa shape index (κ3) is 5.33. The zero-order chi connectivity index (χ0) is 27.7. The first-order chi connectivity index (χ1) is 18.8. The maximum Gasteiger partial charge on any atom is 0.301 e. The molecule has 0 aliphatic carbocycles. The number of hydrogen-bond acceptors (Lipinski definition) is 9.